The Morgan fingerprint density at radius 3 is 2.55 bits per heavy atom. The van der Waals surface area contributed by atoms with Crippen molar-refractivity contribution in [1.82, 2.24) is 5.32 Å². The van der Waals surface area contributed by atoms with Crippen LogP contribution in [-0.4, -0.2) is 12.5 Å². The van der Waals surface area contributed by atoms with Crippen molar-refractivity contribution >= 4 is 17.5 Å². The molecule has 0 saturated carbocycles. The van der Waals surface area contributed by atoms with E-state index in [4.69, 9.17) is 16.3 Å². The Bertz CT molecular complexity index is 653. The summed E-state index contributed by atoms with van der Waals surface area (Å²) in [5, 5.41) is 3.59. The maximum atomic E-state index is 12.0. The summed E-state index contributed by atoms with van der Waals surface area (Å²) in [6, 6.07) is 13.3. The lowest BCUT2D eigenvalue weighted by Crippen LogP contribution is -2.31. The number of hydrogen-bond acceptors (Lipinski definition) is 2. The monoisotopic (exact) mass is 317 g/mol. The highest BCUT2D eigenvalue weighted by Gasteiger charge is 2.10. The number of nitrogens with one attached hydrogen (secondary N) is 1. The lowest BCUT2D eigenvalue weighted by Gasteiger charge is -2.15. The summed E-state index contributed by atoms with van der Waals surface area (Å²) in [5.74, 6) is 0.595. The Hall–Kier alpha value is -2.00. The zero-order valence-corrected chi connectivity index (χ0v) is 13.8. The molecule has 0 fully saturated rings. The van der Waals surface area contributed by atoms with Gasteiger partial charge in [0.15, 0.2) is 6.61 Å². The summed E-state index contributed by atoms with van der Waals surface area (Å²) in [4.78, 5) is 12.0. The van der Waals surface area contributed by atoms with Crippen molar-refractivity contribution in [1.29, 1.82) is 0 Å². The van der Waals surface area contributed by atoms with Gasteiger partial charge >= 0.3 is 0 Å². The molecule has 4 heteroatoms. The van der Waals surface area contributed by atoms with Crippen LogP contribution in [0, 0.1) is 13.8 Å². The highest BCUT2D eigenvalue weighted by Crippen LogP contribution is 2.19. The molecule has 0 bridgehead atoms. The van der Waals surface area contributed by atoms with Crippen LogP contribution < -0.4 is 10.1 Å². The van der Waals surface area contributed by atoms with E-state index in [1.807, 2.05) is 63.2 Å². The average Bonchev–Trinajstić information content (AvgIpc) is 2.49. The molecule has 22 heavy (non-hydrogen) atoms. The maximum Gasteiger partial charge on any atom is 0.258 e. The van der Waals surface area contributed by atoms with Gasteiger partial charge in [0.05, 0.1) is 6.04 Å². The van der Waals surface area contributed by atoms with E-state index in [2.05, 4.69) is 5.32 Å². The number of hydrogen-bond donors (Lipinski definition) is 1. The van der Waals surface area contributed by atoms with E-state index in [-0.39, 0.29) is 18.6 Å². The summed E-state index contributed by atoms with van der Waals surface area (Å²) >= 11 is 5.86. The number of carbonyl (C=O) groups excluding carboxylic acids is 1. The van der Waals surface area contributed by atoms with Gasteiger partial charge in [-0.1, -0.05) is 35.9 Å². The van der Waals surface area contributed by atoms with Crippen molar-refractivity contribution < 1.29 is 9.53 Å². The number of benzene rings is 2. The predicted molar refractivity (Wildman–Crippen MR) is 89.4 cm³/mol. The van der Waals surface area contributed by atoms with Crippen LogP contribution in [0.3, 0.4) is 0 Å². The molecule has 0 aromatic heterocycles. The molecule has 0 radical (unpaired) electrons. The number of carbonyl (C=O) groups is 1. The minimum atomic E-state index is -0.150. The third kappa shape index (κ3) is 4.50. The molecule has 0 heterocycles. The highest BCUT2D eigenvalue weighted by molar-refractivity contribution is 6.30. The van der Waals surface area contributed by atoms with E-state index < -0.39 is 0 Å². The molecular formula is C18H20ClNO2. The zero-order chi connectivity index (χ0) is 16.1. The molecule has 1 amide bonds. The first-order valence-corrected chi connectivity index (χ1v) is 7.58. The number of amides is 1. The Kier molecular flexibility index (Phi) is 5.45. The normalized spacial score (nSPS) is 11.8. The lowest BCUT2D eigenvalue weighted by atomic mass is 10.1. The number of rotatable bonds is 5. The molecule has 1 N–H and O–H groups in total. The fourth-order valence-electron chi connectivity index (χ4n) is 2.12. The van der Waals surface area contributed by atoms with Crippen molar-refractivity contribution in [2.24, 2.45) is 0 Å². The van der Waals surface area contributed by atoms with Gasteiger partial charge in [0, 0.05) is 5.02 Å². The third-order valence-corrected chi connectivity index (χ3v) is 3.70. The van der Waals surface area contributed by atoms with Crippen molar-refractivity contribution in [3.05, 3.63) is 64.2 Å². The van der Waals surface area contributed by atoms with Crippen LogP contribution in [0.1, 0.15) is 29.7 Å². The SMILES string of the molecule is Cc1ccc(C)c(OCC(=O)N[C@H](C)c2ccc(Cl)cc2)c1. The summed E-state index contributed by atoms with van der Waals surface area (Å²) in [7, 11) is 0. The van der Waals surface area contributed by atoms with E-state index >= 15 is 0 Å². The molecule has 0 spiro atoms. The van der Waals surface area contributed by atoms with Crippen LogP contribution in [-0.2, 0) is 4.79 Å². The summed E-state index contributed by atoms with van der Waals surface area (Å²) in [6.07, 6.45) is 0. The highest BCUT2D eigenvalue weighted by atomic mass is 35.5. The molecule has 0 aliphatic heterocycles. The standard InChI is InChI=1S/C18H20ClNO2/c1-12-4-5-13(2)17(10-12)22-11-18(21)20-14(3)15-6-8-16(19)9-7-15/h4-10,14H,11H2,1-3H3,(H,20,21)/t14-/m1/s1. The fourth-order valence-corrected chi connectivity index (χ4v) is 2.25. The van der Waals surface area contributed by atoms with Crippen molar-refractivity contribution in [2.45, 2.75) is 26.8 Å². The minimum Gasteiger partial charge on any atom is -0.483 e. The van der Waals surface area contributed by atoms with Crippen LogP contribution >= 0.6 is 11.6 Å². The Morgan fingerprint density at radius 1 is 1.18 bits per heavy atom. The van der Waals surface area contributed by atoms with Gasteiger partial charge < -0.3 is 10.1 Å². The van der Waals surface area contributed by atoms with Crippen molar-refractivity contribution in [2.75, 3.05) is 6.61 Å². The molecule has 3 nitrogen and oxygen atoms in total. The zero-order valence-electron chi connectivity index (χ0n) is 13.0. The van der Waals surface area contributed by atoms with E-state index in [0.717, 1.165) is 22.4 Å². The largest absolute Gasteiger partial charge is 0.483 e. The van der Waals surface area contributed by atoms with Crippen LogP contribution in [0.2, 0.25) is 5.02 Å². The third-order valence-electron chi connectivity index (χ3n) is 3.45. The molecular weight excluding hydrogens is 298 g/mol. The van der Waals surface area contributed by atoms with Gasteiger partial charge in [0.2, 0.25) is 0 Å². The van der Waals surface area contributed by atoms with Gasteiger partial charge in [-0.05, 0) is 55.7 Å². The molecule has 2 rings (SSSR count). The van der Waals surface area contributed by atoms with Gasteiger partial charge in [0.1, 0.15) is 5.75 Å². The molecule has 0 unspecified atom stereocenters. The van der Waals surface area contributed by atoms with E-state index in [1.165, 1.54) is 0 Å². The first kappa shape index (κ1) is 16.4. The van der Waals surface area contributed by atoms with Crippen LogP contribution in [0.5, 0.6) is 5.75 Å². The summed E-state index contributed by atoms with van der Waals surface area (Å²) in [6.45, 7) is 5.89. The Labute approximate surface area is 136 Å². The number of ether oxygens (including phenoxy) is 1. The summed E-state index contributed by atoms with van der Waals surface area (Å²) in [5.41, 5.74) is 3.13. The summed E-state index contributed by atoms with van der Waals surface area (Å²) < 4.78 is 5.60. The maximum absolute atomic E-state index is 12.0. The van der Waals surface area contributed by atoms with E-state index in [9.17, 15) is 4.79 Å². The van der Waals surface area contributed by atoms with Crippen molar-refractivity contribution in [3.8, 4) is 5.75 Å². The Balaban J connectivity index is 1.90. The first-order valence-electron chi connectivity index (χ1n) is 7.20. The van der Waals surface area contributed by atoms with Gasteiger partial charge in [-0.3, -0.25) is 4.79 Å². The first-order chi connectivity index (χ1) is 10.5. The van der Waals surface area contributed by atoms with Crippen LogP contribution in [0.25, 0.3) is 0 Å². The predicted octanol–water partition coefficient (Wildman–Crippen LogP) is 4.21. The fraction of sp³-hybridized carbons (Fsp3) is 0.278. The van der Waals surface area contributed by atoms with Crippen LogP contribution in [0.4, 0.5) is 0 Å². The second-order valence-corrected chi connectivity index (χ2v) is 5.83. The number of aryl methyl sites for hydroxylation is 2. The van der Waals surface area contributed by atoms with Gasteiger partial charge in [0.25, 0.3) is 5.91 Å². The van der Waals surface area contributed by atoms with E-state index in [0.29, 0.717) is 5.02 Å². The van der Waals surface area contributed by atoms with Crippen LogP contribution in [0.15, 0.2) is 42.5 Å². The van der Waals surface area contributed by atoms with E-state index in [1.54, 1.807) is 0 Å². The molecule has 0 saturated heterocycles. The Morgan fingerprint density at radius 2 is 1.86 bits per heavy atom. The molecule has 2 aromatic carbocycles. The topological polar surface area (TPSA) is 38.3 Å². The molecule has 0 aliphatic rings. The molecule has 2 aromatic rings. The smallest absolute Gasteiger partial charge is 0.258 e. The number of halogens is 1. The quantitative estimate of drug-likeness (QED) is 0.897. The van der Waals surface area contributed by atoms with Crippen molar-refractivity contribution in [3.63, 3.8) is 0 Å². The lowest BCUT2D eigenvalue weighted by molar-refractivity contribution is -0.123. The molecule has 116 valence electrons. The van der Waals surface area contributed by atoms with Gasteiger partial charge in [-0.2, -0.15) is 0 Å². The molecule has 1 atom stereocenters. The van der Waals surface area contributed by atoms with Gasteiger partial charge in [-0.15, -0.1) is 0 Å². The van der Waals surface area contributed by atoms with Gasteiger partial charge in [-0.25, -0.2) is 0 Å². The second kappa shape index (κ2) is 7.32. The average molecular weight is 318 g/mol. The molecule has 0 aliphatic carbocycles. The second-order valence-electron chi connectivity index (χ2n) is 5.40. The minimum absolute atomic E-state index is 0.00221.